The van der Waals surface area contributed by atoms with Crippen molar-refractivity contribution in [2.75, 3.05) is 26.2 Å². The molecule has 186 valence electrons. The molecule has 6 nitrogen and oxygen atoms in total. The van der Waals surface area contributed by atoms with Gasteiger partial charge in [0.15, 0.2) is 0 Å². The van der Waals surface area contributed by atoms with Crippen LogP contribution < -0.4 is 5.32 Å². The minimum Gasteiger partial charge on any atom is -0.354 e. The van der Waals surface area contributed by atoms with Crippen molar-refractivity contribution < 1.29 is 14.4 Å². The predicted octanol–water partition coefficient (Wildman–Crippen LogP) is 4.22. The van der Waals surface area contributed by atoms with Crippen LogP contribution >= 0.6 is 0 Å². The van der Waals surface area contributed by atoms with E-state index in [1.165, 1.54) is 0 Å². The first-order valence-electron chi connectivity index (χ1n) is 12.9. The molecule has 0 bridgehead atoms. The van der Waals surface area contributed by atoms with Crippen molar-refractivity contribution in [1.29, 1.82) is 0 Å². The number of hydrogen-bond donors (Lipinski definition) is 1. The summed E-state index contributed by atoms with van der Waals surface area (Å²) in [7, 11) is 0. The van der Waals surface area contributed by atoms with Gasteiger partial charge in [0.05, 0.1) is 17.9 Å². The van der Waals surface area contributed by atoms with Crippen LogP contribution in [0.5, 0.6) is 0 Å². The fourth-order valence-corrected chi connectivity index (χ4v) is 5.78. The summed E-state index contributed by atoms with van der Waals surface area (Å²) in [6, 6.07) is 19.6. The molecule has 4 rings (SSSR count). The zero-order chi connectivity index (χ0) is 24.7. The molecule has 1 atom stereocenters. The first-order valence-corrected chi connectivity index (χ1v) is 12.9. The largest absolute Gasteiger partial charge is 0.354 e. The van der Waals surface area contributed by atoms with E-state index in [0.29, 0.717) is 32.6 Å². The van der Waals surface area contributed by atoms with Crippen molar-refractivity contribution >= 4 is 17.7 Å². The molecule has 1 aliphatic heterocycles. The van der Waals surface area contributed by atoms with E-state index in [9.17, 15) is 14.4 Å². The molecular weight excluding hydrogens is 438 g/mol. The fourth-order valence-electron chi connectivity index (χ4n) is 5.78. The molecule has 6 heteroatoms. The Labute approximate surface area is 208 Å². The minimum atomic E-state index is -0.503. The summed E-state index contributed by atoms with van der Waals surface area (Å²) in [6.45, 7) is 3.52. The Morgan fingerprint density at radius 2 is 1.51 bits per heavy atom. The van der Waals surface area contributed by atoms with Crippen LogP contribution in [0.2, 0.25) is 0 Å². The van der Waals surface area contributed by atoms with Crippen LogP contribution in [0.25, 0.3) is 0 Å². The lowest BCUT2D eigenvalue weighted by atomic mass is 9.68. The monoisotopic (exact) mass is 475 g/mol. The van der Waals surface area contributed by atoms with Crippen molar-refractivity contribution in [2.45, 2.75) is 63.3 Å². The average molecular weight is 476 g/mol. The van der Waals surface area contributed by atoms with Crippen molar-refractivity contribution in [2.24, 2.45) is 0 Å². The van der Waals surface area contributed by atoms with Crippen LogP contribution in [-0.2, 0) is 19.8 Å². The zero-order valence-corrected chi connectivity index (χ0v) is 20.7. The maximum absolute atomic E-state index is 14.1. The molecule has 0 spiro atoms. The quantitative estimate of drug-likeness (QED) is 0.723. The number of carbonyl (C=O) groups excluding carboxylic acids is 3. The molecule has 1 unspecified atom stereocenters. The number of benzene rings is 2. The Balaban J connectivity index is 1.58. The summed E-state index contributed by atoms with van der Waals surface area (Å²) >= 11 is 0. The number of rotatable bonds is 3. The lowest BCUT2D eigenvalue weighted by molar-refractivity contribution is -0.139. The van der Waals surface area contributed by atoms with Crippen LogP contribution in [-0.4, -0.2) is 53.7 Å². The topological polar surface area (TPSA) is 69.7 Å². The Morgan fingerprint density at radius 1 is 0.857 bits per heavy atom. The van der Waals surface area contributed by atoms with Crippen LogP contribution in [0.4, 0.5) is 0 Å². The van der Waals surface area contributed by atoms with E-state index in [1.54, 1.807) is 11.8 Å². The molecule has 2 aliphatic rings. The van der Waals surface area contributed by atoms with Gasteiger partial charge in [-0.3, -0.25) is 14.4 Å². The highest BCUT2D eigenvalue weighted by atomic mass is 16.2. The van der Waals surface area contributed by atoms with Gasteiger partial charge in [-0.1, -0.05) is 79.9 Å². The Hall–Kier alpha value is -3.15. The number of hydrogen-bond acceptors (Lipinski definition) is 3. The summed E-state index contributed by atoms with van der Waals surface area (Å²) in [5.74, 6) is -0.00228. The van der Waals surface area contributed by atoms with E-state index >= 15 is 0 Å². The standard InChI is InChI=1S/C29H37N3O3/c1-23(33)32-20-11-19-31(21-18-30-27(34)22-26(32)24-12-5-2-6-13-24)28(35)29(16-9-4-10-17-29)25-14-7-3-8-15-25/h2-3,5-8,12-15,26H,4,9-11,16-22H2,1H3,(H,30,34). The van der Waals surface area contributed by atoms with Crippen LogP contribution in [0.15, 0.2) is 60.7 Å². The zero-order valence-electron chi connectivity index (χ0n) is 20.7. The number of amides is 3. The van der Waals surface area contributed by atoms with Gasteiger partial charge in [0, 0.05) is 33.1 Å². The second-order valence-electron chi connectivity index (χ2n) is 9.85. The van der Waals surface area contributed by atoms with E-state index in [-0.39, 0.29) is 30.2 Å². The van der Waals surface area contributed by atoms with Gasteiger partial charge in [-0.15, -0.1) is 0 Å². The van der Waals surface area contributed by atoms with Crippen LogP contribution in [0.3, 0.4) is 0 Å². The molecule has 3 amide bonds. The van der Waals surface area contributed by atoms with Gasteiger partial charge in [-0.25, -0.2) is 0 Å². The van der Waals surface area contributed by atoms with Gasteiger partial charge in [0.1, 0.15) is 0 Å². The lowest BCUT2D eigenvalue weighted by Crippen LogP contribution is -2.50. The number of nitrogens with zero attached hydrogens (tertiary/aromatic N) is 2. The van der Waals surface area contributed by atoms with Gasteiger partial charge in [-0.05, 0) is 30.4 Å². The number of nitrogens with one attached hydrogen (secondary N) is 1. The van der Waals surface area contributed by atoms with Gasteiger partial charge >= 0.3 is 0 Å². The lowest BCUT2D eigenvalue weighted by Gasteiger charge is -2.40. The van der Waals surface area contributed by atoms with Gasteiger partial charge in [-0.2, -0.15) is 0 Å². The summed E-state index contributed by atoms with van der Waals surface area (Å²) in [4.78, 5) is 43.4. The van der Waals surface area contributed by atoms with E-state index < -0.39 is 5.41 Å². The first-order chi connectivity index (χ1) is 17.0. The maximum Gasteiger partial charge on any atom is 0.233 e. The van der Waals surface area contributed by atoms with E-state index in [4.69, 9.17) is 0 Å². The highest BCUT2D eigenvalue weighted by molar-refractivity contribution is 5.88. The SMILES string of the molecule is CC(=O)N1CCCN(C(=O)C2(c3ccccc3)CCCCC2)CCNC(=O)CC1c1ccccc1. The molecule has 1 heterocycles. The highest BCUT2D eigenvalue weighted by Gasteiger charge is 2.43. The summed E-state index contributed by atoms with van der Waals surface area (Å²) in [5, 5.41) is 3.01. The molecule has 1 aliphatic carbocycles. The van der Waals surface area contributed by atoms with Crippen LogP contribution in [0.1, 0.15) is 69.0 Å². The Kier molecular flexibility index (Phi) is 8.21. The van der Waals surface area contributed by atoms with E-state index in [0.717, 1.165) is 43.2 Å². The fraction of sp³-hybridized carbons (Fsp3) is 0.483. The molecule has 1 N–H and O–H groups in total. The average Bonchev–Trinajstić information content (AvgIpc) is 2.93. The normalized spacial score (nSPS) is 21.5. The van der Waals surface area contributed by atoms with E-state index in [1.807, 2.05) is 53.4 Å². The third-order valence-corrected chi connectivity index (χ3v) is 7.60. The molecule has 2 aromatic rings. The van der Waals surface area contributed by atoms with Crippen LogP contribution in [0, 0.1) is 0 Å². The molecule has 0 radical (unpaired) electrons. The maximum atomic E-state index is 14.1. The van der Waals surface area contributed by atoms with Gasteiger partial charge in [0.2, 0.25) is 17.7 Å². The molecule has 2 fully saturated rings. The van der Waals surface area contributed by atoms with Crippen molar-refractivity contribution in [3.05, 3.63) is 71.8 Å². The minimum absolute atomic E-state index is 0.0585. The molecule has 0 aromatic heterocycles. The Morgan fingerprint density at radius 3 is 2.17 bits per heavy atom. The molecule has 35 heavy (non-hydrogen) atoms. The van der Waals surface area contributed by atoms with Crippen molar-refractivity contribution in [3.63, 3.8) is 0 Å². The molecule has 1 saturated heterocycles. The Bertz CT molecular complexity index is 1000. The van der Waals surface area contributed by atoms with E-state index in [2.05, 4.69) is 17.4 Å². The smallest absolute Gasteiger partial charge is 0.233 e. The second kappa shape index (κ2) is 11.5. The predicted molar refractivity (Wildman–Crippen MR) is 137 cm³/mol. The van der Waals surface area contributed by atoms with Crippen molar-refractivity contribution in [3.8, 4) is 0 Å². The van der Waals surface area contributed by atoms with Crippen molar-refractivity contribution in [1.82, 2.24) is 15.1 Å². The number of carbonyl (C=O) groups is 3. The first kappa shape index (κ1) is 25.0. The highest BCUT2D eigenvalue weighted by Crippen LogP contribution is 2.41. The third kappa shape index (κ3) is 5.75. The molecular formula is C29H37N3O3. The molecule has 1 saturated carbocycles. The summed E-state index contributed by atoms with van der Waals surface area (Å²) in [6.07, 6.45) is 5.85. The summed E-state index contributed by atoms with van der Waals surface area (Å²) in [5.41, 5.74) is 1.55. The van der Waals surface area contributed by atoms with Gasteiger partial charge < -0.3 is 15.1 Å². The van der Waals surface area contributed by atoms with Gasteiger partial charge in [0.25, 0.3) is 0 Å². The summed E-state index contributed by atoms with van der Waals surface area (Å²) < 4.78 is 0. The molecule has 2 aromatic carbocycles. The third-order valence-electron chi connectivity index (χ3n) is 7.60. The second-order valence-corrected chi connectivity index (χ2v) is 9.85.